The lowest BCUT2D eigenvalue weighted by Gasteiger charge is -2.23. The Labute approximate surface area is 196 Å². The summed E-state index contributed by atoms with van der Waals surface area (Å²) in [5, 5.41) is 9.68. The number of fused-ring (bicyclic) bond motifs is 1. The average molecular weight is 471 g/mol. The standard InChI is InChI=1S/C23H24ClFN6O2/c1-31(2)9-6-21(32)30-20-12-15(5-7-26-20)28-19-13-18(16-11-14(24)3-4-17(16)25)29-23-22(19)33-10-8-27-23/h3-5,7,11-13H,6,8-10H2,1-2H3,(H3,26,27,28,29,30,32). The van der Waals surface area contributed by atoms with E-state index in [9.17, 15) is 9.18 Å². The number of nitrogens with zero attached hydrogens (tertiary/aromatic N) is 3. The van der Waals surface area contributed by atoms with E-state index in [1.807, 2.05) is 19.0 Å². The second-order valence-electron chi connectivity index (χ2n) is 7.79. The zero-order chi connectivity index (χ0) is 23.4. The zero-order valence-corrected chi connectivity index (χ0v) is 19.0. The molecule has 0 spiro atoms. The molecule has 1 aromatic carbocycles. The van der Waals surface area contributed by atoms with Gasteiger partial charge in [0.15, 0.2) is 11.6 Å². The van der Waals surface area contributed by atoms with Crippen LogP contribution >= 0.6 is 11.6 Å². The van der Waals surface area contributed by atoms with Crippen LogP contribution in [0, 0.1) is 5.82 Å². The SMILES string of the molecule is CN(C)CCC(=O)Nc1cc(Nc2cc(-c3cc(Cl)ccc3F)nc3c2OCCN3)ccn1. The predicted molar refractivity (Wildman–Crippen MR) is 128 cm³/mol. The zero-order valence-electron chi connectivity index (χ0n) is 18.3. The Bertz CT molecular complexity index is 1170. The van der Waals surface area contributed by atoms with Gasteiger partial charge in [-0.15, -0.1) is 0 Å². The van der Waals surface area contributed by atoms with Crippen LogP contribution < -0.4 is 20.7 Å². The second-order valence-corrected chi connectivity index (χ2v) is 8.22. The van der Waals surface area contributed by atoms with Gasteiger partial charge in [-0.25, -0.2) is 14.4 Å². The summed E-state index contributed by atoms with van der Waals surface area (Å²) in [5.41, 5.74) is 1.95. The van der Waals surface area contributed by atoms with Gasteiger partial charge >= 0.3 is 0 Å². The molecule has 0 fully saturated rings. The fourth-order valence-corrected chi connectivity index (χ4v) is 3.48. The first-order chi connectivity index (χ1) is 15.9. The van der Waals surface area contributed by atoms with E-state index in [0.717, 1.165) is 0 Å². The largest absolute Gasteiger partial charge is 0.486 e. The minimum Gasteiger partial charge on any atom is -0.486 e. The van der Waals surface area contributed by atoms with E-state index in [1.54, 1.807) is 24.4 Å². The van der Waals surface area contributed by atoms with E-state index < -0.39 is 5.82 Å². The molecular weight excluding hydrogens is 447 g/mol. The van der Waals surface area contributed by atoms with E-state index in [2.05, 4.69) is 25.9 Å². The van der Waals surface area contributed by atoms with Crippen LogP contribution in [0.2, 0.25) is 5.02 Å². The van der Waals surface area contributed by atoms with Crippen molar-refractivity contribution in [1.82, 2.24) is 14.9 Å². The summed E-state index contributed by atoms with van der Waals surface area (Å²) in [6, 6.07) is 9.52. The molecule has 1 aliphatic heterocycles. The Kier molecular flexibility index (Phi) is 6.90. The van der Waals surface area contributed by atoms with Crippen molar-refractivity contribution < 1.29 is 13.9 Å². The van der Waals surface area contributed by atoms with E-state index in [1.165, 1.54) is 18.2 Å². The third-order valence-corrected chi connectivity index (χ3v) is 5.15. The van der Waals surface area contributed by atoms with Crippen LogP contribution in [0.3, 0.4) is 0 Å². The summed E-state index contributed by atoms with van der Waals surface area (Å²) in [6.45, 7) is 1.69. The topological polar surface area (TPSA) is 91.4 Å². The number of carbonyl (C=O) groups is 1. The maximum atomic E-state index is 14.5. The number of nitrogens with one attached hydrogen (secondary N) is 3. The number of halogens is 2. The molecule has 0 bridgehead atoms. The molecule has 0 saturated heterocycles. The first kappa shape index (κ1) is 22.8. The smallest absolute Gasteiger partial charge is 0.226 e. The highest BCUT2D eigenvalue weighted by atomic mass is 35.5. The molecule has 0 unspecified atom stereocenters. The Hall–Kier alpha value is -3.43. The summed E-state index contributed by atoms with van der Waals surface area (Å²) in [4.78, 5) is 22.8. The Morgan fingerprint density at radius 2 is 2.12 bits per heavy atom. The van der Waals surface area contributed by atoms with Crippen LogP contribution in [0.4, 0.5) is 27.4 Å². The lowest BCUT2D eigenvalue weighted by molar-refractivity contribution is -0.116. The van der Waals surface area contributed by atoms with Crippen LogP contribution in [0.15, 0.2) is 42.6 Å². The molecular formula is C23H24ClFN6O2. The number of amides is 1. The van der Waals surface area contributed by atoms with E-state index in [0.29, 0.717) is 65.6 Å². The monoisotopic (exact) mass is 470 g/mol. The van der Waals surface area contributed by atoms with Crippen LogP contribution in [-0.4, -0.2) is 54.6 Å². The van der Waals surface area contributed by atoms with Gasteiger partial charge in [-0.2, -0.15) is 0 Å². The quantitative estimate of drug-likeness (QED) is 0.472. The summed E-state index contributed by atoms with van der Waals surface area (Å²) in [5.74, 6) is 0.904. The number of ether oxygens (including phenoxy) is 1. The Morgan fingerprint density at radius 1 is 1.27 bits per heavy atom. The molecule has 0 atom stereocenters. The molecule has 1 amide bonds. The van der Waals surface area contributed by atoms with E-state index in [4.69, 9.17) is 16.3 Å². The van der Waals surface area contributed by atoms with Crippen molar-refractivity contribution in [3.8, 4) is 17.0 Å². The third-order valence-electron chi connectivity index (χ3n) is 4.91. The highest BCUT2D eigenvalue weighted by Gasteiger charge is 2.20. The van der Waals surface area contributed by atoms with Gasteiger partial charge in [-0.05, 0) is 44.4 Å². The normalized spacial score (nSPS) is 12.5. The second kappa shape index (κ2) is 10.0. The summed E-state index contributed by atoms with van der Waals surface area (Å²) in [6.07, 6.45) is 1.95. The van der Waals surface area contributed by atoms with Gasteiger partial charge in [0.2, 0.25) is 5.91 Å². The molecule has 10 heteroatoms. The fourth-order valence-electron chi connectivity index (χ4n) is 3.31. The van der Waals surface area contributed by atoms with E-state index in [-0.39, 0.29) is 11.5 Å². The van der Waals surface area contributed by atoms with Gasteiger partial charge in [0.25, 0.3) is 0 Å². The molecule has 33 heavy (non-hydrogen) atoms. The minimum atomic E-state index is -0.429. The van der Waals surface area contributed by atoms with Gasteiger partial charge < -0.3 is 25.6 Å². The van der Waals surface area contributed by atoms with Gasteiger partial charge in [0.05, 0.1) is 17.9 Å². The molecule has 172 valence electrons. The van der Waals surface area contributed by atoms with Crippen molar-refractivity contribution in [2.24, 2.45) is 0 Å². The molecule has 0 radical (unpaired) electrons. The predicted octanol–water partition coefficient (Wildman–Crippen LogP) is 4.37. The van der Waals surface area contributed by atoms with Gasteiger partial charge in [0.1, 0.15) is 18.2 Å². The lowest BCUT2D eigenvalue weighted by atomic mass is 10.1. The van der Waals surface area contributed by atoms with Gasteiger partial charge in [0, 0.05) is 41.5 Å². The maximum absolute atomic E-state index is 14.5. The number of hydrogen-bond acceptors (Lipinski definition) is 7. The molecule has 2 aromatic heterocycles. The van der Waals surface area contributed by atoms with Crippen molar-refractivity contribution in [2.45, 2.75) is 6.42 Å². The molecule has 3 heterocycles. The van der Waals surface area contributed by atoms with Crippen molar-refractivity contribution >= 4 is 40.5 Å². The molecule has 4 rings (SSSR count). The molecule has 0 saturated carbocycles. The van der Waals surface area contributed by atoms with Crippen LogP contribution in [0.25, 0.3) is 11.3 Å². The number of aromatic nitrogens is 2. The summed E-state index contributed by atoms with van der Waals surface area (Å²) in [7, 11) is 3.82. The van der Waals surface area contributed by atoms with Crippen molar-refractivity contribution in [2.75, 3.05) is 49.7 Å². The summed E-state index contributed by atoms with van der Waals surface area (Å²) < 4.78 is 20.3. The van der Waals surface area contributed by atoms with Crippen molar-refractivity contribution in [1.29, 1.82) is 0 Å². The number of benzene rings is 1. The Balaban J connectivity index is 1.63. The minimum absolute atomic E-state index is 0.124. The average Bonchev–Trinajstić information content (AvgIpc) is 2.79. The molecule has 3 aromatic rings. The van der Waals surface area contributed by atoms with Crippen molar-refractivity contribution in [3.05, 3.63) is 53.4 Å². The molecule has 1 aliphatic rings. The fraction of sp³-hybridized carbons (Fsp3) is 0.261. The lowest BCUT2D eigenvalue weighted by Crippen LogP contribution is -2.21. The van der Waals surface area contributed by atoms with Crippen LogP contribution in [-0.2, 0) is 4.79 Å². The van der Waals surface area contributed by atoms with Crippen LogP contribution in [0.1, 0.15) is 6.42 Å². The van der Waals surface area contributed by atoms with E-state index >= 15 is 0 Å². The Morgan fingerprint density at radius 3 is 2.94 bits per heavy atom. The summed E-state index contributed by atoms with van der Waals surface area (Å²) >= 11 is 6.08. The van der Waals surface area contributed by atoms with Gasteiger partial charge in [-0.3, -0.25) is 4.79 Å². The number of hydrogen-bond donors (Lipinski definition) is 3. The van der Waals surface area contributed by atoms with Crippen molar-refractivity contribution in [3.63, 3.8) is 0 Å². The maximum Gasteiger partial charge on any atom is 0.226 e. The third kappa shape index (κ3) is 5.68. The highest BCUT2D eigenvalue weighted by Crippen LogP contribution is 2.39. The number of carbonyl (C=O) groups excluding carboxylic acids is 1. The highest BCUT2D eigenvalue weighted by molar-refractivity contribution is 6.30. The molecule has 8 nitrogen and oxygen atoms in total. The molecule has 0 aliphatic carbocycles. The van der Waals surface area contributed by atoms with Crippen LogP contribution in [0.5, 0.6) is 5.75 Å². The number of anilines is 4. The first-order valence-electron chi connectivity index (χ1n) is 10.4. The number of pyridine rings is 2. The first-order valence-corrected chi connectivity index (χ1v) is 10.8. The molecule has 3 N–H and O–H groups in total. The number of rotatable bonds is 7. The van der Waals surface area contributed by atoms with Gasteiger partial charge in [-0.1, -0.05) is 11.6 Å².